The van der Waals surface area contributed by atoms with E-state index in [2.05, 4.69) is 10.2 Å². The Labute approximate surface area is 111 Å². The van der Waals surface area contributed by atoms with Gasteiger partial charge < -0.3 is 9.84 Å². The van der Waals surface area contributed by atoms with Crippen molar-refractivity contribution in [3.63, 3.8) is 0 Å². The highest BCUT2D eigenvalue weighted by atomic mass is 16.5. The van der Waals surface area contributed by atoms with Gasteiger partial charge in [0, 0.05) is 12.2 Å². The van der Waals surface area contributed by atoms with Gasteiger partial charge in [0.05, 0.1) is 12.3 Å². The summed E-state index contributed by atoms with van der Waals surface area (Å²) in [5, 5.41) is 15.6. The summed E-state index contributed by atoms with van der Waals surface area (Å²) in [5.41, 5.74) is 3.01. The minimum absolute atomic E-state index is 0.134. The number of hydrogen-bond acceptors (Lipinski definition) is 4. The average molecular weight is 260 g/mol. The molecule has 0 radical (unpaired) electrons. The van der Waals surface area contributed by atoms with Crippen LogP contribution in [-0.2, 0) is 11.2 Å². The number of esters is 1. The van der Waals surface area contributed by atoms with Crippen molar-refractivity contribution in [1.29, 1.82) is 0 Å². The van der Waals surface area contributed by atoms with Gasteiger partial charge in [-0.25, -0.2) is 4.79 Å². The van der Waals surface area contributed by atoms with Crippen LogP contribution in [0.5, 0.6) is 0 Å². The minimum Gasteiger partial charge on any atom is -0.461 e. The van der Waals surface area contributed by atoms with Crippen LogP contribution in [-0.4, -0.2) is 34.5 Å². The molecule has 2 rings (SSSR count). The number of aromatic nitrogens is 2. The van der Waals surface area contributed by atoms with Crippen molar-refractivity contribution in [3.8, 4) is 11.3 Å². The second-order valence-corrected chi connectivity index (χ2v) is 4.06. The van der Waals surface area contributed by atoms with Gasteiger partial charge in [-0.05, 0) is 25.0 Å². The van der Waals surface area contributed by atoms with Crippen molar-refractivity contribution in [3.05, 3.63) is 41.6 Å². The van der Waals surface area contributed by atoms with Crippen LogP contribution < -0.4 is 0 Å². The fourth-order valence-corrected chi connectivity index (χ4v) is 1.75. The summed E-state index contributed by atoms with van der Waals surface area (Å²) in [4.78, 5) is 11.5. The molecule has 2 aromatic rings. The van der Waals surface area contributed by atoms with Crippen LogP contribution >= 0.6 is 0 Å². The number of H-pyrrole nitrogens is 1. The van der Waals surface area contributed by atoms with Gasteiger partial charge in [0.1, 0.15) is 5.69 Å². The second-order valence-electron chi connectivity index (χ2n) is 4.06. The molecule has 0 bridgehead atoms. The lowest BCUT2D eigenvalue weighted by atomic mass is 10.1. The molecule has 0 aliphatic carbocycles. The Hall–Kier alpha value is -2.14. The molecule has 0 saturated carbocycles. The molecule has 0 saturated heterocycles. The van der Waals surface area contributed by atoms with Crippen molar-refractivity contribution in [2.24, 2.45) is 0 Å². The number of rotatable bonds is 5. The van der Waals surface area contributed by atoms with Gasteiger partial charge in [-0.3, -0.25) is 5.10 Å². The van der Waals surface area contributed by atoms with Crippen LogP contribution in [0, 0.1) is 0 Å². The quantitative estimate of drug-likeness (QED) is 0.804. The minimum atomic E-state index is -0.404. The Bertz CT molecular complexity index is 546. The lowest BCUT2D eigenvalue weighted by molar-refractivity contribution is 0.0519. The van der Waals surface area contributed by atoms with E-state index in [1.165, 1.54) is 0 Å². The summed E-state index contributed by atoms with van der Waals surface area (Å²) in [6.45, 7) is 2.23. The van der Waals surface area contributed by atoms with Gasteiger partial charge in [0.25, 0.3) is 0 Å². The predicted molar refractivity (Wildman–Crippen MR) is 70.8 cm³/mol. The zero-order chi connectivity index (χ0) is 13.7. The molecule has 1 heterocycles. The third-order valence-corrected chi connectivity index (χ3v) is 2.72. The SMILES string of the molecule is CCOC(=O)c1cc(-c2ccc(CCO)cc2)n[nH]1. The van der Waals surface area contributed by atoms with E-state index in [1.807, 2.05) is 24.3 Å². The maximum atomic E-state index is 11.5. The van der Waals surface area contributed by atoms with E-state index in [9.17, 15) is 4.79 Å². The molecule has 5 heteroatoms. The van der Waals surface area contributed by atoms with E-state index in [0.717, 1.165) is 11.1 Å². The van der Waals surface area contributed by atoms with Crippen LogP contribution in [0.3, 0.4) is 0 Å². The number of aromatic amines is 1. The first kappa shape index (κ1) is 13.3. The molecule has 100 valence electrons. The average Bonchev–Trinajstić information content (AvgIpc) is 2.90. The molecule has 1 aromatic heterocycles. The van der Waals surface area contributed by atoms with E-state index in [-0.39, 0.29) is 6.61 Å². The highest BCUT2D eigenvalue weighted by Gasteiger charge is 2.11. The molecule has 0 spiro atoms. The summed E-state index contributed by atoms with van der Waals surface area (Å²) in [6.07, 6.45) is 0.634. The van der Waals surface area contributed by atoms with Crippen LogP contribution in [0.4, 0.5) is 0 Å². The standard InChI is InChI=1S/C14H16N2O3/c1-2-19-14(18)13-9-12(15-16-13)11-5-3-10(4-6-11)7-8-17/h3-6,9,17H,2,7-8H2,1H3,(H,15,16). The first-order chi connectivity index (χ1) is 9.24. The summed E-state index contributed by atoms with van der Waals surface area (Å²) in [7, 11) is 0. The van der Waals surface area contributed by atoms with Crippen LogP contribution in [0.1, 0.15) is 23.0 Å². The molecule has 0 fully saturated rings. The smallest absolute Gasteiger partial charge is 0.356 e. The van der Waals surface area contributed by atoms with Gasteiger partial charge in [0.15, 0.2) is 0 Å². The lowest BCUT2D eigenvalue weighted by Gasteiger charge is -2.00. The number of hydrogen-bond donors (Lipinski definition) is 2. The summed E-state index contributed by atoms with van der Waals surface area (Å²) < 4.78 is 4.89. The zero-order valence-electron chi connectivity index (χ0n) is 10.7. The Balaban J connectivity index is 2.15. The summed E-state index contributed by atoms with van der Waals surface area (Å²) in [6, 6.07) is 9.36. The van der Waals surface area contributed by atoms with E-state index >= 15 is 0 Å². The summed E-state index contributed by atoms with van der Waals surface area (Å²) in [5.74, 6) is -0.404. The van der Waals surface area contributed by atoms with Gasteiger partial charge in [-0.15, -0.1) is 0 Å². The number of aliphatic hydroxyl groups excluding tert-OH is 1. The van der Waals surface area contributed by atoms with Crippen LogP contribution in [0.15, 0.2) is 30.3 Å². The van der Waals surface area contributed by atoms with Crippen molar-refractivity contribution in [2.45, 2.75) is 13.3 Å². The highest BCUT2D eigenvalue weighted by Crippen LogP contribution is 2.18. The molecular weight excluding hydrogens is 244 g/mol. The maximum Gasteiger partial charge on any atom is 0.356 e. The third-order valence-electron chi connectivity index (χ3n) is 2.72. The zero-order valence-corrected chi connectivity index (χ0v) is 10.7. The van der Waals surface area contributed by atoms with Gasteiger partial charge in [-0.1, -0.05) is 24.3 Å². The number of aliphatic hydroxyl groups is 1. The van der Waals surface area contributed by atoms with E-state index in [4.69, 9.17) is 9.84 Å². The Kier molecular flexibility index (Phi) is 4.30. The molecule has 5 nitrogen and oxygen atoms in total. The predicted octanol–water partition coefficient (Wildman–Crippen LogP) is 1.79. The summed E-state index contributed by atoms with van der Waals surface area (Å²) >= 11 is 0. The number of carbonyl (C=O) groups is 1. The van der Waals surface area contributed by atoms with Crippen LogP contribution in [0.2, 0.25) is 0 Å². The maximum absolute atomic E-state index is 11.5. The normalized spacial score (nSPS) is 10.4. The molecule has 0 aliphatic rings. The van der Waals surface area contributed by atoms with Crippen molar-refractivity contribution in [1.82, 2.24) is 10.2 Å². The molecule has 1 aromatic carbocycles. The second kappa shape index (κ2) is 6.15. The topological polar surface area (TPSA) is 75.2 Å². The number of carbonyl (C=O) groups excluding carboxylic acids is 1. The lowest BCUT2D eigenvalue weighted by Crippen LogP contribution is -2.04. The molecule has 0 unspecified atom stereocenters. The van der Waals surface area contributed by atoms with E-state index in [1.54, 1.807) is 13.0 Å². The molecular formula is C14H16N2O3. The Morgan fingerprint density at radius 2 is 2.11 bits per heavy atom. The van der Waals surface area contributed by atoms with E-state index in [0.29, 0.717) is 24.4 Å². The Morgan fingerprint density at radius 3 is 2.74 bits per heavy atom. The molecule has 0 aliphatic heterocycles. The first-order valence-corrected chi connectivity index (χ1v) is 6.17. The molecule has 0 amide bonds. The van der Waals surface area contributed by atoms with Crippen molar-refractivity contribution < 1.29 is 14.6 Å². The monoisotopic (exact) mass is 260 g/mol. The van der Waals surface area contributed by atoms with Crippen molar-refractivity contribution in [2.75, 3.05) is 13.2 Å². The van der Waals surface area contributed by atoms with Gasteiger partial charge >= 0.3 is 5.97 Å². The number of nitrogens with one attached hydrogen (secondary N) is 1. The molecule has 19 heavy (non-hydrogen) atoms. The number of ether oxygens (including phenoxy) is 1. The van der Waals surface area contributed by atoms with Crippen molar-refractivity contribution >= 4 is 5.97 Å². The molecule has 0 atom stereocenters. The Morgan fingerprint density at radius 1 is 1.37 bits per heavy atom. The largest absolute Gasteiger partial charge is 0.461 e. The third kappa shape index (κ3) is 3.20. The van der Waals surface area contributed by atoms with Gasteiger partial charge in [0.2, 0.25) is 0 Å². The molecule has 2 N–H and O–H groups in total. The highest BCUT2D eigenvalue weighted by molar-refractivity contribution is 5.88. The first-order valence-electron chi connectivity index (χ1n) is 6.17. The number of benzene rings is 1. The van der Waals surface area contributed by atoms with Crippen LogP contribution in [0.25, 0.3) is 11.3 Å². The fourth-order valence-electron chi connectivity index (χ4n) is 1.75. The number of nitrogens with zero attached hydrogens (tertiary/aromatic N) is 1. The van der Waals surface area contributed by atoms with E-state index < -0.39 is 5.97 Å². The fraction of sp³-hybridized carbons (Fsp3) is 0.286. The van der Waals surface area contributed by atoms with Gasteiger partial charge in [-0.2, -0.15) is 5.10 Å².